The van der Waals surface area contributed by atoms with Gasteiger partial charge in [0.1, 0.15) is 0 Å². The van der Waals surface area contributed by atoms with E-state index < -0.39 is 0 Å². The molecule has 3 aliphatic rings. The minimum absolute atomic E-state index is 0.178. The Morgan fingerprint density at radius 2 is 1.28 bits per heavy atom. The predicted octanol–water partition coefficient (Wildman–Crippen LogP) is 4.61. The Balaban J connectivity index is 1.59. The molecule has 0 aromatic rings. The molecule has 6 heteroatoms. The average Bonchev–Trinajstić information content (AvgIpc) is 2.80. The molecule has 2 saturated carbocycles. The number of allylic oxidation sites excluding steroid dienone is 4. The first kappa shape index (κ1) is 21.5. The van der Waals surface area contributed by atoms with E-state index in [0.29, 0.717) is 11.4 Å². The van der Waals surface area contributed by atoms with E-state index >= 15 is 0 Å². The van der Waals surface area contributed by atoms with Gasteiger partial charge in [-0.05, 0) is 37.8 Å². The van der Waals surface area contributed by atoms with E-state index in [2.05, 4.69) is 35.1 Å². The van der Waals surface area contributed by atoms with E-state index in [4.69, 9.17) is 0 Å². The van der Waals surface area contributed by atoms with Crippen LogP contribution in [-0.4, -0.2) is 24.1 Å². The summed E-state index contributed by atoms with van der Waals surface area (Å²) in [6, 6.07) is 0.149. The van der Waals surface area contributed by atoms with E-state index in [1.54, 1.807) is 0 Å². The lowest BCUT2D eigenvalue weighted by atomic mass is 9.92. The lowest BCUT2D eigenvalue weighted by Crippen LogP contribution is -2.43. The van der Waals surface area contributed by atoms with Gasteiger partial charge in [0.05, 0.1) is 0 Å². The Morgan fingerprint density at radius 3 is 1.79 bits per heavy atom. The van der Waals surface area contributed by atoms with Crippen molar-refractivity contribution in [1.29, 1.82) is 0 Å². The molecule has 0 saturated heterocycles. The zero-order valence-electron chi connectivity index (χ0n) is 17.9. The van der Waals surface area contributed by atoms with Crippen molar-refractivity contribution >= 4 is 12.1 Å². The summed E-state index contributed by atoms with van der Waals surface area (Å²) in [5.41, 5.74) is 1.14. The molecule has 3 aliphatic carbocycles. The fraction of sp³-hybridized carbons (Fsp3) is 0.652. The molecule has 160 valence electrons. The summed E-state index contributed by atoms with van der Waals surface area (Å²) in [6.07, 6.45) is 19.2. The van der Waals surface area contributed by atoms with Crippen molar-refractivity contribution in [3.63, 3.8) is 0 Å². The van der Waals surface area contributed by atoms with Gasteiger partial charge in [0.25, 0.3) is 0 Å². The molecule has 0 bridgehead atoms. The van der Waals surface area contributed by atoms with Crippen LogP contribution in [0.15, 0.2) is 35.7 Å². The van der Waals surface area contributed by atoms with Gasteiger partial charge in [-0.15, -0.1) is 0 Å². The molecular formula is C23H36N4O2. The predicted molar refractivity (Wildman–Crippen MR) is 116 cm³/mol. The van der Waals surface area contributed by atoms with Crippen molar-refractivity contribution in [1.82, 2.24) is 21.3 Å². The van der Waals surface area contributed by atoms with E-state index in [1.807, 2.05) is 24.3 Å². The number of hydrogen-bond acceptors (Lipinski definition) is 2. The van der Waals surface area contributed by atoms with Gasteiger partial charge in [0.15, 0.2) is 0 Å². The molecule has 0 unspecified atom stereocenters. The van der Waals surface area contributed by atoms with Crippen molar-refractivity contribution in [2.24, 2.45) is 5.41 Å². The van der Waals surface area contributed by atoms with Crippen molar-refractivity contribution in [3.8, 4) is 0 Å². The summed E-state index contributed by atoms with van der Waals surface area (Å²) in [4.78, 5) is 24.9. The van der Waals surface area contributed by atoms with Gasteiger partial charge in [-0.3, -0.25) is 0 Å². The molecule has 0 aromatic heterocycles. The van der Waals surface area contributed by atoms with Crippen LogP contribution in [0.25, 0.3) is 0 Å². The van der Waals surface area contributed by atoms with Crippen LogP contribution in [0.2, 0.25) is 0 Å². The Bertz CT molecular complexity index is 681. The molecule has 6 nitrogen and oxygen atoms in total. The standard InChI is InChI=1S/C23H36N4O2/c1-23(2)14-13-19(26-21(28)24-17-9-5-3-6-10-17)15-20(16-23)27-22(29)25-18-11-7-4-8-12-18/h13-18H,3-12H2,1-2H3,(H2,24,26,28)(H2,25,27,29). The lowest BCUT2D eigenvalue weighted by molar-refractivity contribution is 0.235. The van der Waals surface area contributed by atoms with Crippen molar-refractivity contribution in [2.45, 2.75) is 90.1 Å². The van der Waals surface area contributed by atoms with Gasteiger partial charge >= 0.3 is 12.1 Å². The monoisotopic (exact) mass is 400 g/mol. The van der Waals surface area contributed by atoms with Crippen LogP contribution in [0.1, 0.15) is 78.1 Å². The maximum absolute atomic E-state index is 12.5. The summed E-state index contributed by atoms with van der Waals surface area (Å²) >= 11 is 0. The second-order valence-corrected chi connectivity index (χ2v) is 9.22. The Hall–Kier alpha value is -2.24. The van der Waals surface area contributed by atoms with Gasteiger partial charge in [-0.1, -0.05) is 64.5 Å². The molecular weight excluding hydrogens is 364 g/mol. The second kappa shape index (κ2) is 9.99. The summed E-state index contributed by atoms with van der Waals surface area (Å²) in [7, 11) is 0. The van der Waals surface area contributed by atoms with Crippen LogP contribution in [0.5, 0.6) is 0 Å². The number of amides is 4. The van der Waals surface area contributed by atoms with Crippen LogP contribution >= 0.6 is 0 Å². The SMILES string of the molecule is CC1(C)C=CC(NC(=O)NC2CCCCC2)=CC(NC(=O)NC2CCCCC2)=C1. The van der Waals surface area contributed by atoms with Crippen LogP contribution < -0.4 is 21.3 Å². The number of carbonyl (C=O) groups is 2. The topological polar surface area (TPSA) is 82.3 Å². The van der Waals surface area contributed by atoms with Gasteiger partial charge in [0.2, 0.25) is 0 Å². The molecule has 2 fully saturated rings. The number of nitrogens with one attached hydrogen (secondary N) is 4. The molecule has 4 N–H and O–H groups in total. The van der Waals surface area contributed by atoms with Crippen LogP contribution in [0.4, 0.5) is 9.59 Å². The molecule has 3 rings (SSSR count). The first-order valence-electron chi connectivity index (χ1n) is 11.2. The van der Waals surface area contributed by atoms with Crippen molar-refractivity contribution in [2.75, 3.05) is 0 Å². The molecule has 29 heavy (non-hydrogen) atoms. The zero-order valence-corrected chi connectivity index (χ0v) is 17.9. The Kier molecular flexibility index (Phi) is 7.40. The van der Waals surface area contributed by atoms with Crippen LogP contribution in [0, 0.1) is 5.41 Å². The van der Waals surface area contributed by atoms with E-state index in [9.17, 15) is 9.59 Å². The van der Waals surface area contributed by atoms with Gasteiger partial charge in [-0.2, -0.15) is 0 Å². The van der Waals surface area contributed by atoms with E-state index in [1.165, 1.54) is 38.5 Å². The zero-order chi connectivity index (χ0) is 20.7. The first-order chi connectivity index (χ1) is 13.9. The molecule has 0 spiro atoms. The highest BCUT2D eigenvalue weighted by Gasteiger charge is 2.20. The minimum atomic E-state index is -0.229. The van der Waals surface area contributed by atoms with Crippen LogP contribution in [0.3, 0.4) is 0 Å². The number of rotatable bonds is 4. The Labute approximate surface area is 174 Å². The Morgan fingerprint density at radius 1 is 0.793 bits per heavy atom. The average molecular weight is 401 g/mol. The van der Waals surface area contributed by atoms with Gasteiger partial charge in [0, 0.05) is 28.9 Å². The van der Waals surface area contributed by atoms with E-state index in [-0.39, 0.29) is 29.6 Å². The lowest BCUT2D eigenvalue weighted by Gasteiger charge is -2.23. The maximum atomic E-state index is 12.5. The number of carbonyl (C=O) groups excluding carboxylic acids is 2. The summed E-state index contributed by atoms with van der Waals surface area (Å²) in [6.45, 7) is 4.15. The molecule has 0 heterocycles. The van der Waals surface area contributed by atoms with Gasteiger partial charge in [-0.25, -0.2) is 9.59 Å². The third-order valence-electron chi connectivity index (χ3n) is 5.93. The fourth-order valence-electron chi connectivity index (χ4n) is 4.36. The molecule has 0 aliphatic heterocycles. The number of hydrogen-bond donors (Lipinski definition) is 4. The third-order valence-corrected chi connectivity index (χ3v) is 5.93. The summed E-state index contributed by atoms with van der Waals surface area (Å²) in [5, 5.41) is 12.1. The fourth-order valence-corrected chi connectivity index (χ4v) is 4.36. The largest absolute Gasteiger partial charge is 0.335 e. The molecule has 4 amide bonds. The maximum Gasteiger partial charge on any atom is 0.319 e. The smallest absolute Gasteiger partial charge is 0.319 e. The van der Waals surface area contributed by atoms with E-state index in [0.717, 1.165) is 25.7 Å². The first-order valence-corrected chi connectivity index (χ1v) is 11.2. The highest BCUT2D eigenvalue weighted by Crippen LogP contribution is 2.25. The molecule has 0 radical (unpaired) electrons. The van der Waals surface area contributed by atoms with Crippen LogP contribution in [-0.2, 0) is 0 Å². The van der Waals surface area contributed by atoms with Gasteiger partial charge < -0.3 is 21.3 Å². The number of urea groups is 2. The quantitative estimate of drug-likeness (QED) is 0.556. The highest BCUT2D eigenvalue weighted by molar-refractivity contribution is 5.78. The van der Waals surface area contributed by atoms with Crippen molar-refractivity contribution < 1.29 is 9.59 Å². The third kappa shape index (κ3) is 7.26. The van der Waals surface area contributed by atoms with Crippen molar-refractivity contribution in [3.05, 3.63) is 35.7 Å². The summed E-state index contributed by atoms with van der Waals surface area (Å²) < 4.78 is 0. The highest BCUT2D eigenvalue weighted by atomic mass is 16.2. The second-order valence-electron chi connectivity index (χ2n) is 9.22. The normalized spacial score (nSPS) is 22.7. The summed E-state index contributed by atoms with van der Waals surface area (Å²) in [5.74, 6) is 0. The molecule has 0 aromatic carbocycles. The minimum Gasteiger partial charge on any atom is -0.335 e. The molecule has 0 atom stereocenters.